The number of pyridine rings is 1. The third-order valence-electron chi connectivity index (χ3n) is 3.50. The van der Waals surface area contributed by atoms with Gasteiger partial charge in [0.1, 0.15) is 0 Å². The van der Waals surface area contributed by atoms with Crippen molar-refractivity contribution in [3.63, 3.8) is 0 Å². The molecule has 1 aromatic rings. The second-order valence-corrected chi connectivity index (χ2v) is 5.23. The third kappa shape index (κ3) is 3.12. The van der Waals surface area contributed by atoms with Crippen molar-refractivity contribution in [3.05, 3.63) is 22.9 Å². The Bertz CT molecular complexity index is 386. The van der Waals surface area contributed by atoms with Gasteiger partial charge in [-0.1, -0.05) is 12.8 Å². The van der Waals surface area contributed by atoms with Crippen molar-refractivity contribution in [1.29, 1.82) is 0 Å². The lowest BCUT2D eigenvalue weighted by atomic mass is 10.1. The van der Waals surface area contributed by atoms with Gasteiger partial charge in [0.05, 0.1) is 12.5 Å². The summed E-state index contributed by atoms with van der Waals surface area (Å²) in [7, 11) is 0. The molecule has 17 heavy (non-hydrogen) atoms. The maximum atomic E-state index is 5.97. The molecular weight excluding hydrogens is 234 g/mol. The summed E-state index contributed by atoms with van der Waals surface area (Å²) in [6.07, 6.45) is 5.27. The number of hydrogen-bond donors (Lipinski definition) is 0. The first-order valence-corrected chi connectivity index (χ1v) is 6.90. The average Bonchev–Trinajstić information content (AvgIpc) is 2.78. The van der Waals surface area contributed by atoms with E-state index in [0.717, 1.165) is 23.7 Å². The number of aromatic nitrogens is 1. The van der Waals surface area contributed by atoms with Gasteiger partial charge in [0.25, 0.3) is 0 Å². The van der Waals surface area contributed by atoms with Crippen LogP contribution in [-0.4, -0.2) is 11.6 Å². The van der Waals surface area contributed by atoms with Crippen molar-refractivity contribution in [1.82, 2.24) is 4.98 Å². The standard InChI is InChI=1S/C14H20ClNO/c1-10-7-11(2)16-14(13(10)8-15)17-9-12-5-3-4-6-12/h7,12H,3-6,8-9H2,1-2H3. The van der Waals surface area contributed by atoms with Crippen molar-refractivity contribution >= 4 is 11.6 Å². The molecule has 0 N–H and O–H groups in total. The van der Waals surface area contributed by atoms with Gasteiger partial charge in [-0.2, -0.15) is 0 Å². The fourth-order valence-electron chi connectivity index (χ4n) is 2.48. The van der Waals surface area contributed by atoms with Crippen LogP contribution in [0.4, 0.5) is 0 Å². The van der Waals surface area contributed by atoms with Crippen molar-refractivity contribution in [2.24, 2.45) is 5.92 Å². The zero-order valence-corrected chi connectivity index (χ0v) is 11.4. The minimum Gasteiger partial charge on any atom is -0.477 e. The molecule has 94 valence electrons. The quantitative estimate of drug-likeness (QED) is 0.757. The number of halogens is 1. The molecule has 0 unspecified atom stereocenters. The first-order valence-electron chi connectivity index (χ1n) is 6.36. The van der Waals surface area contributed by atoms with Gasteiger partial charge >= 0.3 is 0 Å². The summed E-state index contributed by atoms with van der Waals surface area (Å²) < 4.78 is 5.88. The summed E-state index contributed by atoms with van der Waals surface area (Å²) in [5, 5.41) is 0. The van der Waals surface area contributed by atoms with Gasteiger partial charge in [0, 0.05) is 11.3 Å². The van der Waals surface area contributed by atoms with Gasteiger partial charge in [0.15, 0.2) is 0 Å². The molecule has 0 saturated heterocycles. The van der Waals surface area contributed by atoms with Crippen LogP contribution in [0.3, 0.4) is 0 Å². The third-order valence-corrected chi connectivity index (χ3v) is 3.77. The Morgan fingerprint density at radius 2 is 2.06 bits per heavy atom. The molecular formula is C14H20ClNO. The van der Waals surface area contributed by atoms with Crippen LogP contribution < -0.4 is 4.74 Å². The van der Waals surface area contributed by atoms with Gasteiger partial charge in [-0.3, -0.25) is 0 Å². The minimum absolute atomic E-state index is 0.471. The number of rotatable bonds is 4. The van der Waals surface area contributed by atoms with E-state index < -0.39 is 0 Å². The number of nitrogens with zero attached hydrogens (tertiary/aromatic N) is 1. The molecule has 0 aromatic carbocycles. The van der Waals surface area contributed by atoms with Crippen LogP contribution in [0.25, 0.3) is 0 Å². The molecule has 0 amide bonds. The van der Waals surface area contributed by atoms with Crippen molar-refractivity contribution in [2.45, 2.75) is 45.4 Å². The lowest BCUT2D eigenvalue weighted by molar-refractivity contribution is 0.241. The van der Waals surface area contributed by atoms with Crippen molar-refractivity contribution in [3.8, 4) is 5.88 Å². The normalized spacial score (nSPS) is 16.4. The van der Waals surface area contributed by atoms with Gasteiger partial charge in [0.2, 0.25) is 5.88 Å². The summed E-state index contributed by atoms with van der Waals surface area (Å²) in [5.74, 6) is 1.92. The molecule has 3 heteroatoms. The molecule has 2 nitrogen and oxygen atoms in total. The number of hydrogen-bond acceptors (Lipinski definition) is 2. The average molecular weight is 254 g/mol. The molecule has 1 heterocycles. The monoisotopic (exact) mass is 253 g/mol. The highest BCUT2D eigenvalue weighted by Crippen LogP contribution is 2.27. The van der Waals surface area contributed by atoms with Gasteiger partial charge < -0.3 is 4.74 Å². The SMILES string of the molecule is Cc1cc(C)c(CCl)c(OCC2CCCC2)n1. The summed E-state index contributed by atoms with van der Waals surface area (Å²) in [6, 6.07) is 2.06. The smallest absolute Gasteiger partial charge is 0.218 e. The Hall–Kier alpha value is -0.760. The van der Waals surface area contributed by atoms with Crippen molar-refractivity contribution < 1.29 is 4.74 Å². The lowest BCUT2D eigenvalue weighted by Crippen LogP contribution is -2.11. The molecule has 0 aliphatic heterocycles. The zero-order valence-electron chi connectivity index (χ0n) is 10.6. The van der Waals surface area contributed by atoms with Crippen LogP contribution >= 0.6 is 11.6 Å². The molecule has 1 aromatic heterocycles. The van der Waals surface area contributed by atoms with Crippen LogP contribution in [0.2, 0.25) is 0 Å². The van der Waals surface area contributed by atoms with Crippen LogP contribution in [0.1, 0.15) is 42.5 Å². The predicted molar refractivity (Wildman–Crippen MR) is 70.7 cm³/mol. The van der Waals surface area contributed by atoms with E-state index in [1.165, 1.54) is 31.2 Å². The van der Waals surface area contributed by atoms with Crippen LogP contribution in [0, 0.1) is 19.8 Å². The molecule has 0 atom stereocenters. The topological polar surface area (TPSA) is 22.1 Å². The van der Waals surface area contributed by atoms with E-state index in [1.807, 2.05) is 6.92 Å². The first kappa shape index (κ1) is 12.7. The summed E-state index contributed by atoms with van der Waals surface area (Å²) in [6.45, 7) is 4.85. The van der Waals surface area contributed by atoms with E-state index in [-0.39, 0.29) is 0 Å². The molecule has 0 spiro atoms. The zero-order chi connectivity index (χ0) is 12.3. The van der Waals surface area contributed by atoms with Crippen LogP contribution in [0.5, 0.6) is 5.88 Å². The molecule has 1 fully saturated rings. The van der Waals surface area contributed by atoms with Gasteiger partial charge in [-0.15, -0.1) is 11.6 Å². The van der Waals surface area contributed by atoms with E-state index in [9.17, 15) is 0 Å². The maximum absolute atomic E-state index is 5.97. The van der Waals surface area contributed by atoms with E-state index in [0.29, 0.717) is 11.8 Å². The second-order valence-electron chi connectivity index (χ2n) is 4.96. The number of aryl methyl sites for hydroxylation is 2. The Morgan fingerprint density at radius 3 is 2.71 bits per heavy atom. The summed E-state index contributed by atoms with van der Waals surface area (Å²) in [4.78, 5) is 4.46. The molecule has 2 rings (SSSR count). The highest BCUT2D eigenvalue weighted by atomic mass is 35.5. The number of alkyl halides is 1. The Kier molecular flexibility index (Phi) is 4.27. The fourth-order valence-corrected chi connectivity index (χ4v) is 2.81. The fraction of sp³-hybridized carbons (Fsp3) is 0.643. The molecule has 1 saturated carbocycles. The van der Waals surface area contributed by atoms with Gasteiger partial charge in [-0.25, -0.2) is 4.98 Å². The molecule has 1 aliphatic carbocycles. The number of ether oxygens (including phenoxy) is 1. The van der Waals surface area contributed by atoms with E-state index >= 15 is 0 Å². The molecule has 1 aliphatic rings. The Labute approximate surface area is 108 Å². The largest absolute Gasteiger partial charge is 0.477 e. The minimum atomic E-state index is 0.471. The summed E-state index contributed by atoms with van der Waals surface area (Å²) in [5.41, 5.74) is 3.21. The highest BCUT2D eigenvalue weighted by molar-refractivity contribution is 6.17. The van der Waals surface area contributed by atoms with E-state index in [4.69, 9.17) is 16.3 Å². The predicted octanol–water partition coefficient (Wildman–Crippen LogP) is 4.01. The van der Waals surface area contributed by atoms with Crippen LogP contribution in [0.15, 0.2) is 6.07 Å². The van der Waals surface area contributed by atoms with E-state index in [1.54, 1.807) is 0 Å². The lowest BCUT2D eigenvalue weighted by Gasteiger charge is -2.15. The van der Waals surface area contributed by atoms with E-state index in [2.05, 4.69) is 18.0 Å². The maximum Gasteiger partial charge on any atom is 0.218 e. The van der Waals surface area contributed by atoms with Crippen LogP contribution in [-0.2, 0) is 5.88 Å². The second kappa shape index (κ2) is 5.72. The molecule has 0 bridgehead atoms. The van der Waals surface area contributed by atoms with Crippen molar-refractivity contribution in [2.75, 3.05) is 6.61 Å². The summed E-state index contributed by atoms with van der Waals surface area (Å²) >= 11 is 5.97. The Morgan fingerprint density at radius 1 is 1.35 bits per heavy atom. The first-order chi connectivity index (χ1) is 8.20. The molecule has 0 radical (unpaired) electrons. The Balaban J connectivity index is 2.07. The highest BCUT2D eigenvalue weighted by Gasteiger charge is 2.17. The van der Waals surface area contributed by atoms with Gasteiger partial charge in [-0.05, 0) is 44.2 Å².